The molecule has 1 N–H and O–H groups in total. The molecule has 2 aliphatic heterocycles. The van der Waals surface area contributed by atoms with Gasteiger partial charge >= 0.3 is 0 Å². The fourth-order valence-electron chi connectivity index (χ4n) is 6.99. The minimum absolute atomic E-state index is 0.0640. The van der Waals surface area contributed by atoms with Crippen molar-refractivity contribution in [1.29, 1.82) is 0 Å². The average Bonchev–Trinajstić information content (AvgIpc) is 3.59. The van der Waals surface area contributed by atoms with E-state index >= 15 is 0 Å². The van der Waals surface area contributed by atoms with Gasteiger partial charge in [0, 0.05) is 24.0 Å². The van der Waals surface area contributed by atoms with Crippen LogP contribution in [-0.2, 0) is 12.1 Å². The van der Waals surface area contributed by atoms with E-state index in [-0.39, 0.29) is 43.0 Å². The molecule has 1 saturated carbocycles. The first-order chi connectivity index (χ1) is 21.7. The van der Waals surface area contributed by atoms with Crippen LogP contribution in [0.5, 0.6) is 5.88 Å². The average molecular weight is 606 g/mol. The smallest absolute Gasteiger partial charge is 0.297 e. The van der Waals surface area contributed by atoms with E-state index in [0.717, 1.165) is 5.56 Å². The predicted octanol–water partition coefficient (Wildman–Crippen LogP) is 5.86. The Bertz CT molecular complexity index is 1980. The molecule has 0 spiro atoms. The van der Waals surface area contributed by atoms with Crippen LogP contribution in [0.15, 0.2) is 84.9 Å². The molecular formula is C34H25F2N5O4. The largest absolute Gasteiger partial charge is 0.468 e. The maximum atomic E-state index is 13.9. The van der Waals surface area contributed by atoms with Crippen LogP contribution in [0.3, 0.4) is 0 Å². The number of rotatable bonds is 5. The van der Waals surface area contributed by atoms with Crippen molar-refractivity contribution in [2.45, 2.75) is 43.9 Å². The van der Waals surface area contributed by atoms with E-state index in [0.29, 0.717) is 39.2 Å². The minimum Gasteiger partial charge on any atom is -0.468 e. The van der Waals surface area contributed by atoms with Gasteiger partial charge in [-0.25, -0.2) is 13.8 Å². The normalized spacial score (nSPS) is 21.7. The van der Waals surface area contributed by atoms with Crippen molar-refractivity contribution in [2.75, 3.05) is 0 Å². The summed E-state index contributed by atoms with van der Waals surface area (Å²) in [5.74, 6) is -0.827. The number of carbonyl (C=O) groups is 2. The van der Waals surface area contributed by atoms with E-state index in [4.69, 9.17) is 9.72 Å². The number of fused-ring (bicyclic) bond motifs is 4. The number of ether oxygens (including phenoxy) is 1. The molecule has 11 heteroatoms. The van der Waals surface area contributed by atoms with E-state index in [9.17, 15) is 23.5 Å². The molecule has 8 rings (SSSR count). The molecule has 0 unspecified atom stereocenters. The first kappa shape index (κ1) is 27.3. The molecule has 0 bridgehead atoms. The van der Waals surface area contributed by atoms with Crippen LogP contribution in [0.25, 0.3) is 28.1 Å². The highest BCUT2D eigenvalue weighted by Crippen LogP contribution is 2.54. The molecule has 224 valence electrons. The summed E-state index contributed by atoms with van der Waals surface area (Å²) in [4.78, 5) is 33.2. The van der Waals surface area contributed by atoms with Crippen LogP contribution in [0.1, 0.15) is 64.1 Å². The first-order valence-electron chi connectivity index (χ1n) is 14.4. The number of carbonyl (C=O) groups excluding carboxylic acids is 2. The Morgan fingerprint density at radius 1 is 0.844 bits per heavy atom. The molecular weight excluding hydrogens is 580 g/mol. The standard InChI is InChI=1S/C34H25F2N5O4/c1-33(44)17-34(18-33,41-31(42)22-9-5-6-10-23(22)32(41)43)21-13-11-20(12-14-21)27-24(19-7-3-2-4-8-19)15-25-30(37-27)45-16-26-38-39-29(28(35)36)40(25)26/h2-15,28,44H,16-18H2,1H3/t33-,34+. The topological polar surface area (TPSA) is 110 Å². The third-order valence-corrected chi connectivity index (χ3v) is 8.85. The van der Waals surface area contributed by atoms with Crippen molar-refractivity contribution < 1.29 is 28.2 Å². The Hall–Kier alpha value is -5.29. The lowest BCUT2D eigenvalue weighted by Crippen LogP contribution is -2.63. The van der Waals surface area contributed by atoms with Crippen LogP contribution in [0, 0.1) is 0 Å². The zero-order valence-corrected chi connectivity index (χ0v) is 23.9. The molecule has 0 saturated heterocycles. The van der Waals surface area contributed by atoms with Crippen LogP contribution in [0.2, 0.25) is 0 Å². The van der Waals surface area contributed by atoms with Gasteiger partial charge in [0.05, 0.1) is 28.0 Å². The Labute approximate surface area is 255 Å². The fourth-order valence-corrected chi connectivity index (χ4v) is 6.99. The van der Waals surface area contributed by atoms with E-state index in [1.165, 1.54) is 9.47 Å². The molecule has 0 radical (unpaired) electrons. The Morgan fingerprint density at radius 2 is 1.49 bits per heavy atom. The van der Waals surface area contributed by atoms with E-state index in [1.54, 1.807) is 37.3 Å². The number of hydrogen-bond acceptors (Lipinski definition) is 7. The Morgan fingerprint density at radius 3 is 2.11 bits per heavy atom. The van der Waals surface area contributed by atoms with Gasteiger partial charge < -0.3 is 9.84 Å². The SMILES string of the molecule is C[C@]1(O)C[C@@](c2ccc(-c3nc4c(cc3-c3ccccc3)-n3c(nnc3C(F)F)CO4)cc2)(N2C(=O)c3ccccc3C2=O)C1. The highest BCUT2D eigenvalue weighted by Gasteiger charge is 2.60. The zero-order chi connectivity index (χ0) is 31.1. The van der Waals surface area contributed by atoms with Gasteiger partial charge in [-0.05, 0) is 36.2 Å². The van der Waals surface area contributed by atoms with Gasteiger partial charge in [-0.2, -0.15) is 0 Å². The minimum atomic E-state index is -2.84. The third-order valence-electron chi connectivity index (χ3n) is 8.85. The maximum absolute atomic E-state index is 13.9. The van der Waals surface area contributed by atoms with E-state index in [2.05, 4.69) is 10.2 Å². The molecule has 9 nitrogen and oxygen atoms in total. The summed E-state index contributed by atoms with van der Waals surface area (Å²) in [6.45, 7) is 1.63. The number of halogens is 2. The van der Waals surface area contributed by atoms with Crippen LogP contribution in [0.4, 0.5) is 8.78 Å². The molecule has 2 aromatic heterocycles. The molecule has 5 aromatic rings. The van der Waals surface area contributed by atoms with Crippen LogP contribution < -0.4 is 4.74 Å². The second-order valence-corrected chi connectivity index (χ2v) is 11.9. The van der Waals surface area contributed by atoms with Crippen molar-refractivity contribution in [3.05, 3.63) is 113 Å². The first-order valence-corrected chi connectivity index (χ1v) is 14.4. The summed E-state index contributed by atoms with van der Waals surface area (Å²) in [6, 6.07) is 25.3. The number of hydrogen-bond donors (Lipinski definition) is 1. The van der Waals surface area contributed by atoms with Gasteiger partial charge in [0.15, 0.2) is 12.4 Å². The molecule has 4 heterocycles. The monoisotopic (exact) mass is 605 g/mol. The van der Waals surface area contributed by atoms with Crippen molar-refractivity contribution in [1.82, 2.24) is 24.6 Å². The summed E-state index contributed by atoms with van der Waals surface area (Å²) >= 11 is 0. The van der Waals surface area contributed by atoms with E-state index in [1.807, 2.05) is 54.6 Å². The molecule has 3 aliphatic rings. The van der Waals surface area contributed by atoms with Crippen molar-refractivity contribution in [3.8, 4) is 34.0 Å². The van der Waals surface area contributed by atoms with Gasteiger partial charge in [-0.1, -0.05) is 66.7 Å². The lowest BCUT2D eigenvalue weighted by atomic mass is 9.61. The molecule has 3 aromatic carbocycles. The number of alkyl halides is 2. The summed E-state index contributed by atoms with van der Waals surface area (Å²) in [7, 11) is 0. The highest BCUT2D eigenvalue weighted by molar-refractivity contribution is 6.22. The predicted molar refractivity (Wildman–Crippen MR) is 158 cm³/mol. The lowest BCUT2D eigenvalue weighted by molar-refractivity contribution is -0.118. The summed E-state index contributed by atoms with van der Waals surface area (Å²) in [5, 5.41) is 18.4. The molecule has 0 atom stereocenters. The number of amides is 2. The van der Waals surface area contributed by atoms with Gasteiger partial charge in [0.25, 0.3) is 18.2 Å². The quantitative estimate of drug-likeness (QED) is 0.250. The molecule has 45 heavy (non-hydrogen) atoms. The van der Waals surface area contributed by atoms with Crippen LogP contribution >= 0.6 is 0 Å². The number of imide groups is 1. The number of aromatic nitrogens is 4. The Kier molecular flexibility index (Phi) is 5.82. The number of nitrogens with zero attached hydrogens (tertiary/aromatic N) is 5. The fraction of sp³-hybridized carbons (Fsp3) is 0.206. The van der Waals surface area contributed by atoms with Crippen molar-refractivity contribution in [3.63, 3.8) is 0 Å². The highest BCUT2D eigenvalue weighted by atomic mass is 19.3. The second-order valence-electron chi connectivity index (χ2n) is 11.9. The number of benzene rings is 3. The van der Waals surface area contributed by atoms with Gasteiger partial charge in [-0.3, -0.25) is 19.1 Å². The van der Waals surface area contributed by atoms with E-state index < -0.39 is 23.4 Å². The Balaban J connectivity index is 1.24. The third kappa shape index (κ3) is 4.03. The lowest BCUT2D eigenvalue weighted by Gasteiger charge is -2.55. The van der Waals surface area contributed by atoms with Crippen molar-refractivity contribution in [2.24, 2.45) is 0 Å². The summed E-state index contributed by atoms with van der Waals surface area (Å²) in [5.41, 5.74) is 2.38. The zero-order valence-electron chi connectivity index (χ0n) is 23.9. The van der Waals surface area contributed by atoms with Gasteiger partial charge in [0.2, 0.25) is 11.7 Å². The van der Waals surface area contributed by atoms with Crippen LogP contribution in [-0.4, -0.2) is 47.2 Å². The van der Waals surface area contributed by atoms with Crippen molar-refractivity contribution >= 4 is 11.8 Å². The van der Waals surface area contributed by atoms with Gasteiger partial charge in [-0.15, -0.1) is 10.2 Å². The van der Waals surface area contributed by atoms with Gasteiger partial charge in [0.1, 0.15) is 5.69 Å². The maximum Gasteiger partial charge on any atom is 0.297 e. The number of aliphatic hydroxyl groups is 1. The summed E-state index contributed by atoms with van der Waals surface area (Å²) < 4.78 is 34.9. The molecule has 2 amide bonds. The number of pyridine rings is 1. The molecule has 1 fully saturated rings. The second kappa shape index (κ2) is 9.60. The summed E-state index contributed by atoms with van der Waals surface area (Å²) in [6.07, 6.45) is -2.45. The molecule has 1 aliphatic carbocycles.